The van der Waals surface area contributed by atoms with Gasteiger partial charge in [-0.2, -0.15) is 5.21 Å². The first-order chi connectivity index (χ1) is 17.5. The molecule has 0 amide bonds. The molecule has 0 saturated carbocycles. The van der Waals surface area contributed by atoms with Crippen molar-refractivity contribution >= 4 is 23.9 Å². The van der Waals surface area contributed by atoms with Gasteiger partial charge in [0.2, 0.25) is 5.82 Å². The maximum absolute atomic E-state index is 12.6. The fraction of sp³-hybridized carbons (Fsp3) is 0.280. The number of benzene rings is 2. The number of hydrogen-bond donors (Lipinski definition) is 2. The Morgan fingerprint density at radius 2 is 1.97 bits per heavy atom. The Hall–Kier alpha value is -3.59. The van der Waals surface area contributed by atoms with Crippen LogP contribution in [-0.2, 0) is 22.1 Å². The number of nitrogens with zero attached hydrogens (tertiary/aromatic N) is 6. The fourth-order valence-corrected chi connectivity index (χ4v) is 5.41. The van der Waals surface area contributed by atoms with Gasteiger partial charge in [0.05, 0.1) is 17.8 Å². The van der Waals surface area contributed by atoms with E-state index < -0.39 is 7.60 Å². The normalized spacial score (nSPS) is 13.3. The summed E-state index contributed by atoms with van der Waals surface area (Å²) in [6, 6.07) is 16.2. The molecule has 3 aromatic heterocycles. The van der Waals surface area contributed by atoms with E-state index in [1.54, 1.807) is 13.1 Å². The third kappa shape index (κ3) is 4.63. The van der Waals surface area contributed by atoms with Gasteiger partial charge in [0.1, 0.15) is 5.82 Å². The number of tetrazole rings is 1. The Balaban J connectivity index is 1.55. The highest BCUT2D eigenvalue weighted by Gasteiger charge is 2.27. The number of aryl methyl sites for hydroxylation is 1. The Kier molecular flexibility index (Phi) is 6.82. The second-order valence-corrected chi connectivity index (χ2v) is 10.2. The van der Waals surface area contributed by atoms with E-state index in [1.165, 1.54) is 0 Å². The van der Waals surface area contributed by atoms with Gasteiger partial charge < -0.3 is 18.6 Å². The minimum atomic E-state index is -3.96. The fourth-order valence-electron chi connectivity index (χ4n) is 4.40. The van der Waals surface area contributed by atoms with Crippen molar-refractivity contribution in [3.8, 4) is 17.1 Å². The van der Waals surface area contributed by atoms with Crippen molar-refractivity contribution in [3.63, 3.8) is 0 Å². The summed E-state index contributed by atoms with van der Waals surface area (Å²) >= 11 is 0. The number of rotatable bonds is 10. The molecule has 11 heteroatoms. The molecule has 0 saturated heterocycles. The molecular formula is C25H28N7O3P. The van der Waals surface area contributed by atoms with Crippen molar-refractivity contribution < 1.29 is 14.0 Å². The van der Waals surface area contributed by atoms with E-state index in [4.69, 9.17) is 4.52 Å². The van der Waals surface area contributed by atoms with Gasteiger partial charge in [-0.25, -0.2) is 4.98 Å². The van der Waals surface area contributed by atoms with Crippen molar-refractivity contribution in [1.29, 1.82) is 0 Å². The van der Waals surface area contributed by atoms with Gasteiger partial charge in [0.25, 0.3) is 0 Å². The molecule has 186 valence electrons. The van der Waals surface area contributed by atoms with E-state index in [2.05, 4.69) is 55.3 Å². The summed E-state index contributed by atoms with van der Waals surface area (Å²) in [5, 5.41) is 15.6. The molecule has 36 heavy (non-hydrogen) atoms. The lowest BCUT2D eigenvalue weighted by Crippen LogP contribution is -2.08. The van der Waals surface area contributed by atoms with Gasteiger partial charge >= 0.3 is 7.60 Å². The van der Waals surface area contributed by atoms with Crippen molar-refractivity contribution in [2.24, 2.45) is 0 Å². The summed E-state index contributed by atoms with van der Waals surface area (Å²) in [6.45, 7) is 4.47. The third-order valence-electron chi connectivity index (χ3n) is 6.11. The Labute approximate surface area is 208 Å². The zero-order valence-electron chi connectivity index (χ0n) is 20.2. The number of imidazole rings is 1. The maximum Gasteiger partial charge on any atom is 0.378 e. The van der Waals surface area contributed by atoms with Gasteiger partial charge in [-0.05, 0) is 48.4 Å². The van der Waals surface area contributed by atoms with Crippen LogP contribution in [0.5, 0.6) is 0 Å². The van der Waals surface area contributed by atoms with Crippen LogP contribution in [0.15, 0.2) is 60.9 Å². The highest BCUT2D eigenvalue weighted by atomic mass is 31.2. The van der Waals surface area contributed by atoms with Gasteiger partial charge in [-0.1, -0.05) is 37.6 Å². The SMILES string of the molecule is CCCCc1nc(P(=O)(O)OCC)cn1Cc1cccc2c1ccn2-c1ccccc1-c1nn[nH]n1. The molecule has 10 nitrogen and oxygen atoms in total. The molecule has 0 bridgehead atoms. The molecule has 2 aromatic carbocycles. The smallest absolute Gasteiger partial charge is 0.330 e. The van der Waals surface area contributed by atoms with Crippen molar-refractivity contribution in [2.75, 3.05) is 6.61 Å². The van der Waals surface area contributed by atoms with Crippen LogP contribution in [-0.4, -0.2) is 46.2 Å². The lowest BCUT2D eigenvalue weighted by atomic mass is 10.1. The number of unbranched alkanes of at least 4 members (excludes halogenated alkanes) is 1. The van der Waals surface area contributed by atoms with Gasteiger partial charge in [0, 0.05) is 36.3 Å². The van der Waals surface area contributed by atoms with E-state index in [1.807, 2.05) is 41.1 Å². The molecule has 0 aliphatic heterocycles. The molecule has 0 spiro atoms. The Bertz CT molecular complexity index is 1520. The van der Waals surface area contributed by atoms with Crippen LogP contribution in [0.2, 0.25) is 0 Å². The van der Waals surface area contributed by atoms with Gasteiger partial charge in [-0.15, -0.1) is 10.2 Å². The summed E-state index contributed by atoms with van der Waals surface area (Å²) in [6.07, 6.45) is 6.35. The first kappa shape index (κ1) is 24.1. The molecule has 3 heterocycles. The monoisotopic (exact) mass is 505 g/mol. The van der Waals surface area contributed by atoms with E-state index >= 15 is 0 Å². The number of fused-ring (bicyclic) bond motifs is 1. The predicted molar refractivity (Wildman–Crippen MR) is 137 cm³/mol. The second-order valence-electron chi connectivity index (χ2n) is 8.47. The lowest BCUT2D eigenvalue weighted by molar-refractivity contribution is 0.283. The molecule has 0 fully saturated rings. The number of H-pyrrole nitrogens is 1. The Morgan fingerprint density at radius 3 is 2.75 bits per heavy atom. The molecule has 0 aliphatic rings. The van der Waals surface area contributed by atoms with E-state index in [9.17, 15) is 9.46 Å². The number of hydrogen-bond acceptors (Lipinski definition) is 6. The van der Waals surface area contributed by atoms with E-state index in [0.29, 0.717) is 12.4 Å². The predicted octanol–water partition coefficient (Wildman–Crippen LogP) is 4.25. The largest absolute Gasteiger partial charge is 0.378 e. The van der Waals surface area contributed by atoms with Crippen LogP contribution in [0.1, 0.15) is 38.1 Å². The highest BCUT2D eigenvalue weighted by molar-refractivity contribution is 7.60. The number of para-hydroxylation sites is 1. The minimum Gasteiger partial charge on any atom is -0.330 e. The van der Waals surface area contributed by atoms with Gasteiger partial charge in [0.15, 0.2) is 5.44 Å². The molecule has 5 rings (SSSR count). The van der Waals surface area contributed by atoms with Crippen LogP contribution >= 0.6 is 7.60 Å². The zero-order valence-corrected chi connectivity index (χ0v) is 21.1. The standard InChI is InChI=1S/C25H28N7O3P/c1-3-5-13-23-26-24(36(33,34)35-4-2)17-31(23)16-18-9-8-12-21-19(18)14-15-32(21)22-11-7-6-10-20(22)25-27-29-30-28-25/h6-12,14-15,17H,3-5,13,16H2,1-2H3,(H,33,34)(H,27,28,29,30). The van der Waals surface area contributed by atoms with Crippen LogP contribution in [0.25, 0.3) is 28.0 Å². The Morgan fingerprint density at radius 1 is 1.11 bits per heavy atom. The lowest BCUT2D eigenvalue weighted by Gasteiger charge is -2.12. The van der Waals surface area contributed by atoms with Crippen molar-refractivity contribution in [2.45, 2.75) is 39.7 Å². The van der Waals surface area contributed by atoms with E-state index in [-0.39, 0.29) is 12.0 Å². The molecule has 2 N–H and O–H groups in total. The second kappa shape index (κ2) is 10.2. The first-order valence-electron chi connectivity index (χ1n) is 12.0. The van der Waals surface area contributed by atoms with E-state index in [0.717, 1.165) is 52.8 Å². The quantitative estimate of drug-likeness (QED) is 0.272. The van der Waals surface area contributed by atoms with Crippen molar-refractivity contribution in [3.05, 3.63) is 72.3 Å². The number of aromatic amines is 1. The zero-order chi connectivity index (χ0) is 25.1. The molecule has 5 aromatic rings. The number of nitrogens with one attached hydrogen (secondary N) is 1. The molecular weight excluding hydrogens is 477 g/mol. The molecule has 1 atom stereocenters. The summed E-state index contributed by atoms with van der Waals surface area (Å²) in [4.78, 5) is 14.9. The topological polar surface area (TPSA) is 124 Å². The van der Waals surface area contributed by atoms with Gasteiger partial charge in [-0.3, -0.25) is 4.57 Å². The summed E-state index contributed by atoms with van der Waals surface area (Å²) in [5.74, 6) is 1.30. The number of aromatic nitrogens is 7. The summed E-state index contributed by atoms with van der Waals surface area (Å²) in [5.41, 5.74) is 4.01. The van der Waals surface area contributed by atoms with Crippen molar-refractivity contribution in [1.82, 2.24) is 34.7 Å². The molecule has 0 aliphatic carbocycles. The summed E-state index contributed by atoms with van der Waals surface area (Å²) in [7, 11) is -3.96. The van der Waals surface area contributed by atoms with Crippen LogP contribution in [0, 0.1) is 0 Å². The first-order valence-corrected chi connectivity index (χ1v) is 13.6. The van der Waals surface area contributed by atoms with Crippen LogP contribution in [0.3, 0.4) is 0 Å². The molecule has 1 unspecified atom stereocenters. The summed E-state index contributed by atoms with van der Waals surface area (Å²) < 4.78 is 21.8. The third-order valence-corrected chi connectivity index (χ3v) is 7.51. The average Bonchev–Trinajstić information content (AvgIpc) is 3.63. The maximum atomic E-state index is 12.6. The highest BCUT2D eigenvalue weighted by Crippen LogP contribution is 2.40. The van der Waals surface area contributed by atoms with Crippen LogP contribution in [0.4, 0.5) is 0 Å². The molecule has 0 radical (unpaired) electrons. The van der Waals surface area contributed by atoms with Crippen LogP contribution < -0.4 is 5.44 Å². The average molecular weight is 506 g/mol. The minimum absolute atomic E-state index is 0.0919.